The van der Waals surface area contributed by atoms with Crippen LogP contribution in [0.4, 0.5) is 4.79 Å². The molecule has 2 N–H and O–H groups in total. The molecule has 1 unspecified atom stereocenters. The predicted molar refractivity (Wildman–Crippen MR) is 67.4 cm³/mol. The number of amides is 2. The molecule has 2 amide bonds. The van der Waals surface area contributed by atoms with Crippen molar-refractivity contribution in [2.45, 2.75) is 6.04 Å². The number of urea groups is 1. The highest BCUT2D eigenvalue weighted by Gasteiger charge is 2.32. The van der Waals surface area contributed by atoms with Gasteiger partial charge in [0.2, 0.25) is 0 Å². The predicted octanol–water partition coefficient (Wildman–Crippen LogP) is -0.240. The molecule has 17 heavy (non-hydrogen) atoms. The molecule has 1 saturated heterocycles. The van der Waals surface area contributed by atoms with Crippen molar-refractivity contribution < 1.29 is 14.7 Å². The Morgan fingerprint density at radius 2 is 2.24 bits per heavy atom. The smallest absolute Gasteiger partial charge is 0.327 e. The fourth-order valence-electron chi connectivity index (χ4n) is 1.54. The number of rotatable bonds is 4. The normalized spacial score (nSPS) is 20.4. The lowest BCUT2D eigenvalue weighted by atomic mass is 10.3. The number of carboxylic acid groups (broad SMARTS) is 1. The van der Waals surface area contributed by atoms with Crippen LogP contribution in [0.1, 0.15) is 0 Å². The van der Waals surface area contributed by atoms with Crippen LogP contribution < -0.4 is 5.32 Å². The van der Waals surface area contributed by atoms with Gasteiger partial charge in [-0.2, -0.15) is 11.8 Å². The van der Waals surface area contributed by atoms with Gasteiger partial charge in [0.15, 0.2) is 0 Å². The van der Waals surface area contributed by atoms with Gasteiger partial charge in [0.05, 0.1) is 0 Å². The molecule has 0 saturated carbocycles. The number of thioether (sulfide) groups is 1. The maximum absolute atomic E-state index is 11.8. The van der Waals surface area contributed by atoms with Crippen molar-refractivity contribution in [3.63, 3.8) is 0 Å². The van der Waals surface area contributed by atoms with E-state index in [0.29, 0.717) is 18.8 Å². The van der Waals surface area contributed by atoms with Crippen LogP contribution >= 0.6 is 11.8 Å². The second-order valence-corrected chi connectivity index (χ2v) is 5.31. The standard InChI is InChI=1S/C10H19N3O3S/c1-12(2)4-3-11-10(16)13-5-6-17-7-8(13)9(14)15/h8H,3-7H2,1-2H3,(H,11,16)(H,14,15). The van der Waals surface area contributed by atoms with E-state index in [0.717, 1.165) is 12.3 Å². The fourth-order valence-corrected chi connectivity index (χ4v) is 2.58. The molecular formula is C10H19N3O3S. The highest BCUT2D eigenvalue weighted by molar-refractivity contribution is 7.99. The number of hydrogen-bond donors (Lipinski definition) is 2. The van der Waals surface area contributed by atoms with Crippen LogP contribution in [0.5, 0.6) is 0 Å². The number of carboxylic acids is 1. The molecular weight excluding hydrogens is 242 g/mol. The summed E-state index contributed by atoms with van der Waals surface area (Å²) in [5.41, 5.74) is 0. The van der Waals surface area contributed by atoms with Crippen LogP contribution in [0.3, 0.4) is 0 Å². The second-order valence-electron chi connectivity index (χ2n) is 4.16. The average molecular weight is 261 g/mol. The summed E-state index contributed by atoms with van der Waals surface area (Å²) in [7, 11) is 3.84. The van der Waals surface area contributed by atoms with Crippen molar-refractivity contribution in [2.75, 3.05) is 45.2 Å². The average Bonchev–Trinajstić information content (AvgIpc) is 2.28. The second kappa shape index (κ2) is 6.70. The summed E-state index contributed by atoms with van der Waals surface area (Å²) in [6, 6.07) is -0.979. The highest BCUT2D eigenvalue weighted by atomic mass is 32.2. The van der Waals surface area contributed by atoms with E-state index < -0.39 is 12.0 Å². The lowest BCUT2D eigenvalue weighted by Gasteiger charge is -2.32. The first kappa shape index (κ1) is 14.1. The minimum atomic E-state index is -0.931. The number of nitrogens with one attached hydrogen (secondary N) is 1. The summed E-state index contributed by atoms with van der Waals surface area (Å²) < 4.78 is 0. The Hall–Kier alpha value is -0.950. The maximum atomic E-state index is 11.8. The van der Waals surface area contributed by atoms with Gasteiger partial charge in [-0.1, -0.05) is 0 Å². The molecule has 0 aromatic rings. The molecule has 0 aromatic carbocycles. The fraction of sp³-hybridized carbons (Fsp3) is 0.800. The molecule has 0 radical (unpaired) electrons. The Kier molecular flexibility index (Phi) is 5.57. The van der Waals surface area contributed by atoms with E-state index in [-0.39, 0.29) is 6.03 Å². The molecule has 0 spiro atoms. The zero-order chi connectivity index (χ0) is 12.8. The molecule has 1 atom stereocenters. The summed E-state index contributed by atoms with van der Waals surface area (Å²) in [5.74, 6) is 0.335. The van der Waals surface area contributed by atoms with Crippen LogP contribution in [-0.4, -0.2) is 78.2 Å². The first-order chi connectivity index (χ1) is 8.02. The summed E-state index contributed by atoms with van der Waals surface area (Å²) in [6.45, 7) is 1.77. The van der Waals surface area contributed by atoms with E-state index in [4.69, 9.17) is 5.11 Å². The lowest BCUT2D eigenvalue weighted by Crippen LogP contribution is -2.54. The molecule has 6 nitrogen and oxygen atoms in total. The van der Waals surface area contributed by atoms with Gasteiger partial charge in [-0.05, 0) is 14.1 Å². The van der Waals surface area contributed by atoms with Gasteiger partial charge < -0.3 is 20.2 Å². The van der Waals surface area contributed by atoms with Gasteiger partial charge in [-0.15, -0.1) is 0 Å². The molecule has 1 aliphatic heterocycles. The van der Waals surface area contributed by atoms with Gasteiger partial charge in [0.1, 0.15) is 6.04 Å². The molecule has 7 heteroatoms. The van der Waals surface area contributed by atoms with E-state index in [2.05, 4.69) is 5.32 Å². The number of aliphatic carboxylic acids is 1. The topological polar surface area (TPSA) is 72.9 Å². The van der Waals surface area contributed by atoms with E-state index in [1.54, 1.807) is 11.8 Å². The number of nitrogens with zero attached hydrogens (tertiary/aromatic N) is 2. The molecule has 1 heterocycles. The molecule has 1 rings (SSSR count). The third-order valence-electron chi connectivity index (χ3n) is 2.51. The minimum absolute atomic E-state index is 0.278. The largest absolute Gasteiger partial charge is 0.480 e. The summed E-state index contributed by atoms with van der Waals surface area (Å²) >= 11 is 1.57. The first-order valence-corrected chi connectivity index (χ1v) is 6.67. The zero-order valence-corrected chi connectivity index (χ0v) is 11.0. The molecule has 0 bridgehead atoms. The van der Waals surface area contributed by atoms with Crippen molar-refractivity contribution in [1.29, 1.82) is 0 Å². The molecule has 98 valence electrons. The maximum Gasteiger partial charge on any atom is 0.327 e. The summed E-state index contributed by atoms with van der Waals surface area (Å²) in [6.07, 6.45) is 0. The van der Waals surface area contributed by atoms with E-state index in [9.17, 15) is 9.59 Å². The molecule has 0 aliphatic carbocycles. The summed E-state index contributed by atoms with van der Waals surface area (Å²) in [4.78, 5) is 26.2. The van der Waals surface area contributed by atoms with Crippen molar-refractivity contribution in [3.05, 3.63) is 0 Å². The minimum Gasteiger partial charge on any atom is -0.480 e. The van der Waals surface area contributed by atoms with Crippen molar-refractivity contribution >= 4 is 23.8 Å². The van der Waals surface area contributed by atoms with Gasteiger partial charge in [0.25, 0.3) is 0 Å². The number of likely N-dealkylation sites (N-methyl/N-ethyl adjacent to an activating group) is 1. The molecule has 1 fully saturated rings. The van der Waals surface area contributed by atoms with Gasteiger partial charge in [-0.25, -0.2) is 9.59 Å². The van der Waals surface area contributed by atoms with Crippen LogP contribution in [0, 0.1) is 0 Å². The number of carbonyl (C=O) groups excluding carboxylic acids is 1. The van der Waals surface area contributed by atoms with E-state index in [1.165, 1.54) is 4.90 Å². The molecule has 0 aromatic heterocycles. The first-order valence-electron chi connectivity index (χ1n) is 5.52. The van der Waals surface area contributed by atoms with Crippen molar-refractivity contribution in [3.8, 4) is 0 Å². The molecule has 1 aliphatic rings. The van der Waals surface area contributed by atoms with Crippen LogP contribution in [-0.2, 0) is 4.79 Å². The van der Waals surface area contributed by atoms with Crippen LogP contribution in [0.15, 0.2) is 0 Å². The third kappa shape index (κ3) is 4.43. The monoisotopic (exact) mass is 261 g/mol. The number of carbonyl (C=O) groups is 2. The zero-order valence-electron chi connectivity index (χ0n) is 10.2. The van der Waals surface area contributed by atoms with Crippen LogP contribution in [0.2, 0.25) is 0 Å². The SMILES string of the molecule is CN(C)CCNC(=O)N1CCSCC1C(=O)O. The van der Waals surface area contributed by atoms with Gasteiger partial charge >= 0.3 is 12.0 Å². The Morgan fingerprint density at radius 1 is 1.53 bits per heavy atom. The van der Waals surface area contributed by atoms with Crippen molar-refractivity contribution in [2.24, 2.45) is 0 Å². The Labute approximate surface area is 105 Å². The Balaban J connectivity index is 2.45. The van der Waals surface area contributed by atoms with Crippen LogP contribution in [0.25, 0.3) is 0 Å². The highest BCUT2D eigenvalue weighted by Crippen LogP contribution is 2.16. The third-order valence-corrected chi connectivity index (χ3v) is 3.53. The van der Waals surface area contributed by atoms with E-state index >= 15 is 0 Å². The van der Waals surface area contributed by atoms with Gasteiger partial charge in [-0.3, -0.25) is 0 Å². The quantitative estimate of drug-likeness (QED) is 0.731. The Bertz CT molecular complexity index is 286. The Morgan fingerprint density at radius 3 is 2.82 bits per heavy atom. The van der Waals surface area contributed by atoms with Gasteiger partial charge in [0, 0.05) is 31.1 Å². The van der Waals surface area contributed by atoms with E-state index in [1.807, 2.05) is 19.0 Å². The lowest BCUT2D eigenvalue weighted by molar-refractivity contribution is -0.141. The summed E-state index contributed by atoms with van der Waals surface area (Å²) in [5, 5.41) is 11.8. The number of hydrogen-bond acceptors (Lipinski definition) is 4. The van der Waals surface area contributed by atoms with Crippen molar-refractivity contribution in [1.82, 2.24) is 15.1 Å².